The van der Waals surface area contributed by atoms with Crippen molar-refractivity contribution < 1.29 is 4.79 Å². The van der Waals surface area contributed by atoms with E-state index in [-0.39, 0.29) is 5.92 Å². The number of thioether (sulfide) groups is 1. The van der Waals surface area contributed by atoms with E-state index in [4.69, 9.17) is 0 Å². The molecule has 1 heterocycles. The summed E-state index contributed by atoms with van der Waals surface area (Å²) in [6, 6.07) is 0.613. The second-order valence-corrected chi connectivity index (χ2v) is 8.33. The minimum atomic E-state index is 0.284. The summed E-state index contributed by atoms with van der Waals surface area (Å²) in [5.41, 5.74) is 0.359. The highest BCUT2D eigenvalue weighted by molar-refractivity contribution is 8.00. The number of Topliss-reactive ketones (excluding diaryl/α,β-unsaturated/α-hetero) is 1. The molecule has 0 aromatic carbocycles. The lowest BCUT2D eigenvalue weighted by molar-refractivity contribution is -0.128. The fraction of sp³-hybridized carbons (Fsp3) is 0.933. The van der Waals surface area contributed by atoms with Gasteiger partial charge in [-0.2, -0.15) is 11.8 Å². The fourth-order valence-electron chi connectivity index (χ4n) is 3.25. The minimum Gasteiger partial charge on any atom is -0.299 e. The second-order valence-electron chi connectivity index (χ2n) is 6.84. The molecular weight excluding hydrogens is 242 g/mol. The van der Waals surface area contributed by atoms with Crippen molar-refractivity contribution >= 4 is 17.5 Å². The molecule has 3 heteroatoms. The van der Waals surface area contributed by atoms with Gasteiger partial charge in [0.2, 0.25) is 0 Å². The van der Waals surface area contributed by atoms with Gasteiger partial charge < -0.3 is 0 Å². The third-order valence-electron chi connectivity index (χ3n) is 4.77. The van der Waals surface area contributed by atoms with Crippen LogP contribution >= 0.6 is 11.8 Å². The normalized spacial score (nSPS) is 37.8. The number of hydrogen-bond donors (Lipinski definition) is 0. The Kier molecular flexibility index (Phi) is 4.43. The molecule has 104 valence electrons. The highest BCUT2D eigenvalue weighted by Gasteiger charge is 2.36. The summed E-state index contributed by atoms with van der Waals surface area (Å²) in [6.07, 6.45) is 2.95. The fourth-order valence-corrected chi connectivity index (χ4v) is 4.41. The molecular formula is C15H27NOS. The first-order chi connectivity index (χ1) is 8.39. The van der Waals surface area contributed by atoms with Crippen molar-refractivity contribution in [2.24, 2.45) is 11.3 Å². The van der Waals surface area contributed by atoms with E-state index in [1.165, 1.54) is 5.75 Å². The molecule has 0 spiro atoms. The lowest BCUT2D eigenvalue weighted by atomic mass is 9.71. The van der Waals surface area contributed by atoms with E-state index in [0.717, 1.165) is 32.4 Å². The number of nitrogens with zero attached hydrogens (tertiary/aromatic N) is 1. The van der Waals surface area contributed by atoms with Crippen molar-refractivity contribution in [1.82, 2.24) is 4.90 Å². The maximum atomic E-state index is 12.1. The monoisotopic (exact) mass is 269 g/mol. The molecule has 3 atom stereocenters. The molecule has 2 fully saturated rings. The summed E-state index contributed by atoms with van der Waals surface area (Å²) >= 11 is 2.07. The number of hydrogen-bond acceptors (Lipinski definition) is 3. The van der Waals surface area contributed by atoms with Crippen LogP contribution in [0.3, 0.4) is 0 Å². The quantitative estimate of drug-likeness (QED) is 0.768. The van der Waals surface area contributed by atoms with Gasteiger partial charge in [0, 0.05) is 42.5 Å². The molecule has 0 bridgehead atoms. The van der Waals surface area contributed by atoms with Crippen LogP contribution in [0.25, 0.3) is 0 Å². The first kappa shape index (κ1) is 14.4. The van der Waals surface area contributed by atoms with E-state index < -0.39 is 0 Å². The summed E-state index contributed by atoms with van der Waals surface area (Å²) < 4.78 is 0. The van der Waals surface area contributed by atoms with E-state index >= 15 is 0 Å². The SMILES string of the molecule is CC1SCCN(CC2CC(C)(C)CCC2=O)C1C. The van der Waals surface area contributed by atoms with Crippen molar-refractivity contribution in [3.05, 3.63) is 0 Å². The Labute approximate surface area is 116 Å². The Morgan fingerprint density at radius 3 is 2.83 bits per heavy atom. The zero-order valence-electron chi connectivity index (χ0n) is 12.2. The Hall–Kier alpha value is -0.0200. The van der Waals surface area contributed by atoms with E-state index in [2.05, 4.69) is 44.4 Å². The zero-order chi connectivity index (χ0) is 13.3. The second kappa shape index (κ2) is 5.54. The van der Waals surface area contributed by atoms with Crippen LogP contribution < -0.4 is 0 Å². The first-order valence-corrected chi connectivity index (χ1v) is 8.32. The molecule has 0 aromatic heterocycles. The molecule has 1 aliphatic heterocycles. The molecule has 2 rings (SSSR count). The molecule has 1 saturated carbocycles. The Morgan fingerprint density at radius 2 is 2.11 bits per heavy atom. The summed E-state index contributed by atoms with van der Waals surface area (Å²) in [6.45, 7) is 11.4. The molecule has 0 aromatic rings. The molecule has 0 amide bonds. The molecule has 0 N–H and O–H groups in total. The lowest BCUT2D eigenvalue weighted by Gasteiger charge is -2.42. The molecule has 3 unspecified atom stereocenters. The van der Waals surface area contributed by atoms with Crippen LogP contribution in [-0.4, -0.2) is 40.8 Å². The predicted octanol–water partition coefficient (Wildman–Crippen LogP) is 3.21. The average Bonchev–Trinajstić information content (AvgIpc) is 2.29. The summed E-state index contributed by atoms with van der Waals surface area (Å²) in [7, 11) is 0. The highest BCUT2D eigenvalue weighted by Crippen LogP contribution is 2.37. The molecule has 2 nitrogen and oxygen atoms in total. The standard InChI is InChI=1S/C15H27NOS/c1-11-12(2)18-8-7-16(11)10-13-9-15(3,4)6-5-14(13)17/h11-13H,5-10H2,1-4H3. The van der Waals surface area contributed by atoms with Gasteiger partial charge in [-0.05, 0) is 25.2 Å². The maximum Gasteiger partial charge on any atom is 0.137 e. The Bertz CT molecular complexity index is 316. The van der Waals surface area contributed by atoms with Crippen LogP contribution in [0.2, 0.25) is 0 Å². The van der Waals surface area contributed by atoms with Crippen molar-refractivity contribution in [1.29, 1.82) is 0 Å². The molecule has 18 heavy (non-hydrogen) atoms. The van der Waals surface area contributed by atoms with Crippen molar-refractivity contribution in [3.63, 3.8) is 0 Å². The largest absolute Gasteiger partial charge is 0.299 e. The Balaban J connectivity index is 1.97. The van der Waals surface area contributed by atoms with Gasteiger partial charge in [-0.25, -0.2) is 0 Å². The molecule has 0 radical (unpaired) electrons. The van der Waals surface area contributed by atoms with Gasteiger partial charge in [0.05, 0.1) is 0 Å². The number of ketones is 1. The van der Waals surface area contributed by atoms with E-state index in [1.807, 2.05) is 0 Å². The van der Waals surface area contributed by atoms with Crippen LogP contribution in [0, 0.1) is 11.3 Å². The van der Waals surface area contributed by atoms with Crippen molar-refractivity contribution in [2.45, 2.75) is 58.2 Å². The number of carbonyl (C=O) groups is 1. The van der Waals surface area contributed by atoms with Crippen LogP contribution in [0.5, 0.6) is 0 Å². The zero-order valence-corrected chi connectivity index (χ0v) is 13.1. The van der Waals surface area contributed by atoms with E-state index in [0.29, 0.717) is 22.5 Å². The van der Waals surface area contributed by atoms with Crippen LogP contribution in [-0.2, 0) is 4.79 Å². The summed E-state index contributed by atoms with van der Waals surface area (Å²) in [5.74, 6) is 2.01. The number of rotatable bonds is 2. The highest BCUT2D eigenvalue weighted by atomic mass is 32.2. The predicted molar refractivity (Wildman–Crippen MR) is 79.1 cm³/mol. The lowest BCUT2D eigenvalue weighted by Crippen LogP contribution is -2.49. The van der Waals surface area contributed by atoms with Crippen molar-refractivity contribution in [2.75, 3.05) is 18.8 Å². The van der Waals surface area contributed by atoms with Crippen molar-refractivity contribution in [3.8, 4) is 0 Å². The minimum absolute atomic E-state index is 0.284. The average molecular weight is 269 g/mol. The van der Waals surface area contributed by atoms with Gasteiger partial charge >= 0.3 is 0 Å². The third-order valence-corrected chi connectivity index (χ3v) is 6.11. The van der Waals surface area contributed by atoms with E-state index in [1.54, 1.807) is 0 Å². The molecule has 1 saturated heterocycles. The third kappa shape index (κ3) is 3.30. The topological polar surface area (TPSA) is 20.3 Å². The Morgan fingerprint density at radius 1 is 1.39 bits per heavy atom. The van der Waals surface area contributed by atoms with Crippen LogP contribution in [0.4, 0.5) is 0 Å². The van der Waals surface area contributed by atoms with Crippen LogP contribution in [0.1, 0.15) is 47.0 Å². The van der Waals surface area contributed by atoms with Gasteiger partial charge in [0.1, 0.15) is 5.78 Å². The van der Waals surface area contributed by atoms with Crippen LogP contribution in [0.15, 0.2) is 0 Å². The van der Waals surface area contributed by atoms with E-state index in [9.17, 15) is 4.79 Å². The first-order valence-electron chi connectivity index (χ1n) is 7.27. The van der Waals surface area contributed by atoms with Gasteiger partial charge in [-0.15, -0.1) is 0 Å². The van der Waals surface area contributed by atoms with Gasteiger partial charge in [0.25, 0.3) is 0 Å². The summed E-state index contributed by atoms with van der Waals surface area (Å²) in [4.78, 5) is 14.7. The molecule has 2 aliphatic rings. The van der Waals surface area contributed by atoms with Gasteiger partial charge in [-0.3, -0.25) is 9.69 Å². The van der Waals surface area contributed by atoms with Gasteiger partial charge in [0.15, 0.2) is 0 Å². The van der Waals surface area contributed by atoms with Gasteiger partial charge in [-0.1, -0.05) is 20.8 Å². The summed E-state index contributed by atoms with van der Waals surface area (Å²) in [5, 5.41) is 0.699. The maximum absolute atomic E-state index is 12.1. The molecule has 1 aliphatic carbocycles. The smallest absolute Gasteiger partial charge is 0.137 e. The number of carbonyl (C=O) groups excluding carboxylic acids is 1.